The number of nitrogens with zero attached hydrogens (tertiary/aromatic N) is 1. The third-order valence-electron chi connectivity index (χ3n) is 8.97. The maximum Gasteiger partial charge on any atom is 0.405 e. The summed E-state index contributed by atoms with van der Waals surface area (Å²) in [6.07, 6.45) is 31.2. The Morgan fingerprint density at radius 2 is 0.854 bits per heavy atom. The maximum absolute atomic E-state index is 12.7. The lowest BCUT2D eigenvalue weighted by atomic mass is 10.0. The number of hydrogen-bond acceptors (Lipinski definition) is 7. The van der Waals surface area contributed by atoms with Crippen LogP contribution in [-0.4, -0.2) is 66.1 Å². The van der Waals surface area contributed by atoms with E-state index in [9.17, 15) is 19.0 Å². The van der Waals surface area contributed by atoms with E-state index in [1.165, 1.54) is 135 Å². The van der Waals surface area contributed by atoms with Crippen LogP contribution in [0.4, 0.5) is 0 Å². The largest absolute Gasteiger partial charge is 0.463 e. The molecule has 0 amide bonds. The first kappa shape index (κ1) is 47.0. The van der Waals surface area contributed by atoms with Gasteiger partial charge in [0.2, 0.25) is 0 Å². The summed E-state index contributed by atoms with van der Waals surface area (Å²) in [4.78, 5) is 35.1. The van der Waals surface area contributed by atoms with Crippen LogP contribution in [0.2, 0.25) is 0 Å². The van der Waals surface area contributed by atoms with Crippen molar-refractivity contribution >= 4 is 19.7 Å². The normalized spacial score (nSPS) is 12.9. The van der Waals surface area contributed by atoms with Crippen molar-refractivity contribution < 1.29 is 38.2 Å². The molecule has 286 valence electrons. The highest BCUT2D eigenvalue weighted by Crippen LogP contribution is 2.46. The molecule has 0 aromatic rings. The molecule has 0 saturated carbocycles. The lowest BCUT2D eigenvalue weighted by Crippen LogP contribution is -2.31. The molecule has 0 bridgehead atoms. The number of aliphatic hydroxyl groups is 1. The zero-order valence-corrected chi connectivity index (χ0v) is 32.3. The summed E-state index contributed by atoms with van der Waals surface area (Å²) < 4.78 is 29.8. The van der Waals surface area contributed by atoms with Gasteiger partial charge in [0.05, 0.1) is 6.61 Å². The van der Waals surface area contributed by atoms with Crippen LogP contribution in [0.5, 0.6) is 0 Å². The molecule has 1 atom stereocenters. The molecule has 0 rings (SSSR count). The molecular weight excluding hydrogens is 629 g/mol. The Morgan fingerprint density at radius 1 is 0.562 bits per heavy atom. The smallest absolute Gasteiger partial charge is 0.405 e. The molecule has 0 radical (unpaired) electrons. The van der Waals surface area contributed by atoms with Gasteiger partial charge in [-0.2, -0.15) is 0 Å². The van der Waals surface area contributed by atoms with E-state index in [0.29, 0.717) is 0 Å². The van der Waals surface area contributed by atoms with Crippen LogP contribution in [0.3, 0.4) is 0 Å². The second-order valence-corrected chi connectivity index (χ2v) is 15.5. The van der Waals surface area contributed by atoms with Gasteiger partial charge >= 0.3 is 19.7 Å². The molecule has 0 aromatic carbocycles. The van der Waals surface area contributed by atoms with Gasteiger partial charge in [-0.25, -0.2) is 9.24 Å². The second-order valence-electron chi connectivity index (χ2n) is 13.7. The van der Waals surface area contributed by atoms with Crippen LogP contribution in [0.15, 0.2) is 0 Å². The van der Waals surface area contributed by atoms with E-state index in [2.05, 4.69) is 13.8 Å². The highest BCUT2D eigenvalue weighted by molar-refractivity contribution is 7.50. The van der Waals surface area contributed by atoms with Gasteiger partial charge in [0.25, 0.3) is 0 Å². The minimum absolute atomic E-state index is 0.0713. The fourth-order valence-corrected chi connectivity index (χ4v) is 6.76. The van der Waals surface area contributed by atoms with Gasteiger partial charge in [0, 0.05) is 19.4 Å². The number of unbranched alkanes of at least 4 members (excludes halogenated alkanes) is 24. The lowest BCUT2D eigenvalue weighted by Gasteiger charge is -2.26. The van der Waals surface area contributed by atoms with Crippen molar-refractivity contribution in [2.45, 2.75) is 200 Å². The predicted octanol–water partition coefficient (Wildman–Crippen LogP) is 10.4. The van der Waals surface area contributed by atoms with Crippen molar-refractivity contribution in [3.63, 3.8) is 0 Å². The van der Waals surface area contributed by atoms with Crippen molar-refractivity contribution in [3.8, 4) is 0 Å². The highest BCUT2D eigenvalue weighted by atomic mass is 31.2. The summed E-state index contributed by atoms with van der Waals surface area (Å²) in [7, 11) is -2.93. The number of carbonyl (C=O) groups excluding carboxylic acids is 2. The Hall–Kier alpha value is -0.990. The van der Waals surface area contributed by atoms with E-state index >= 15 is 0 Å². The third kappa shape index (κ3) is 31.0. The van der Waals surface area contributed by atoms with Crippen LogP contribution in [0, 0.1) is 0 Å². The molecule has 2 N–H and O–H groups in total. The van der Waals surface area contributed by atoms with E-state index in [4.69, 9.17) is 19.1 Å². The van der Waals surface area contributed by atoms with Crippen molar-refractivity contribution in [2.75, 3.05) is 33.4 Å². The summed E-state index contributed by atoms with van der Waals surface area (Å²) in [5.74, 6) is -0.803. The molecular formula is C38H76NO8P. The van der Waals surface area contributed by atoms with Crippen LogP contribution < -0.4 is 0 Å². The van der Waals surface area contributed by atoms with Gasteiger partial charge < -0.3 is 19.5 Å². The van der Waals surface area contributed by atoms with Gasteiger partial charge in [-0.15, -0.1) is 0 Å². The minimum Gasteiger partial charge on any atom is -0.463 e. The van der Waals surface area contributed by atoms with Crippen LogP contribution in [-0.2, 0) is 28.2 Å². The minimum atomic E-state index is -4.29. The number of esters is 2. The predicted molar refractivity (Wildman–Crippen MR) is 197 cm³/mol. The van der Waals surface area contributed by atoms with Gasteiger partial charge in [-0.3, -0.25) is 14.1 Å². The fraction of sp³-hybridized carbons (Fsp3) is 0.947. The van der Waals surface area contributed by atoms with Gasteiger partial charge in [-0.1, -0.05) is 168 Å². The lowest BCUT2D eigenvalue weighted by molar-refractivity contribution is -0.151. The molecule has 1 unspecified atom stereocenters. The van der Waals surface area contributed by atoms with Gasteiger partial charge in [0.15, 0.2) is 0 Å². The Labute approximate surface area is 295 Å². The summed E-state index contributed by atoms with van der Waals surface area (Å²) in [5, 5.41) is 9.15. The number of hydrogen-bond donors (Lipinski definition) is 2. The second kappa shape index (κ2) is 34.5. The van der Waals surface area contributed by atoms with Crippen molar-refractivity contribution in [1.29, 1.82) is 0 Å². The monoisotopic (exact) mass is 706 g/mol. The number of rotatable bonds is 37. The number of likely N-dealkylation sites (N-methyl/N-ethyl adjacent to an activating group) is 1. The fourth-order valence-electron chi connectivity index (χ4n) is 5.75. The average Bonchev–Trinajstić information content (AvgIpc) is 3.06. The van der Waals surface area contributed by atoms with E-state index < -0.39 is 25.8 Å². The molecule has 48 heavy (non-hydrogen) atoms. The van der Waals surface area contributed by atoms with Crippen molar-refractivity contribution in [2.24, 2.45) is 0 Å². The third-order valence-corrected chi connectivity index (χ3v) is 10.6. The summed E-state index contributed by atoms with van der Waals surface area (Å²) in [6, 6.07) is 0. The maximum atomic E-state index is 12.7. The number of aliphatic hydroxyl groups excluding tert-OH is 1. The van der Waals surface area contributed by atoms with Crippen LogP contribution in [0.1, 0.15) is 194 Å². The standard InChI is InChI=1S/C38H76NO8P/c1-4-6-8-10-12-14-16-18-20-22-24-26-28-30-37(41)45-34-36(47-48(43,44)39(3)32-33-40)35-46-38(42)31-29-27-25-23-21-19-17-15-13-11-9-7-5-2/h36,40H,4-35H2,1-3H3,(H,43,44). The zero-order chi connectivity index (χ0) is 35.6. The first-order valence-corrected chi connectivity index (χ1v) is 21.4. The molecule has 0 fully saturated rings. The quantitative estimate of drug-likeness (QED) is 0.0369. The van der Waals surface area contributed by atoms with Gasteiger partial charge in [-0.05, 0) is 19.9 Å². The van der Waals surface area contributed by atoms with Crippen LogP contribution in [0.25, 0.3) is 0 Å². The molecule has 0 spiro atoms. The number of carbonyl (C=O) groups is 2. The van der Waals surface area contributed by atoms with E-state index in [-0.39, 0.29) is 39.2 Å². The van der Waals surface area contributed by atoms with Crippen molar-refractivity contribution in [1.82, 2.24) is 4.67 Å². The molecule has 10 heteroatoms. The topological polar surface area (TPSA) is 123 Å². The molecule has 0 aliphatic rings. The molecule has 0 aliphatic carbocycles. The summed E-state index contributed by atoms with van der Waals surface area (Å²) in [5.41, 5.74) is 0. The summed E-state index contributed by atoms with van der Waals surface area (Å²) >= 11 is 0. The number of ether oxygens (including phenoxy) is 2. The Balaban J connectivity index is 4.22. The van der Waals surface area contributed by atoms with E-state index in [1.54, 1.807) is 0 Å². The van der Waals surface area contributed by atoms with Crippen molar-refractivity contribution in [3.05, 3.63) is 0 Å². The molecule has 0 saturated heterocycles. The summed E-state index contributed by atoms with van der Waals surface area (Å²) in [6.45, 7) is 3.52. The highest BCUT2D eigenvalue weighted by Gasteiger charge is 2.31. The SMILES string of the molecule is CCCCCCCCCCCCCCCC(=O)OCC(COC(=O)CCCCCCCCCCCCCCC)OP(=O)(O)N(C)CCO. The molecule has 0 heterocycles. The molecule has 9 nitrogen and oxygen atoms in total. The first-order valence-electron chi connectivity index (χ1n) is 19.9. The van der Waals surface area contributed by atoms with Gasteiger partial charge in [0.1, 0.15) is 19.3 Å². The van der Waals surface area contributed by atoms with E-state index in [1.807, 2.05) is 0 Å². The van der Waals surface area contributed by atoms with Crippen LogP contribution >= 0.6 is 7.75 Å². The first-order chi connectivity index (χ1) is 23.3. The van der Waals surface area contributed by atoms with E-state index in [0.717, 1.165) is 43.2 Å². The Kier molecular flexibility index (Phi) is 33.7. The molecule has 0 aromatic heterocycles. The Morgan fingerprint density at radius 3 is 1.15 bits per heavy atom. The Bertz CT molecular complexity index is 738. The molecule has 0 aliphatic heterocycles. The zero-order valence-electron chi connectivity index (χ0n) is 31.4. The average molecular weight is 706 g/mol.